The number of esters is 1. The molecule has 2 rings (SSSR count). The van der Waals surface area contributed by atoms with E-state index in [1.807, 2.05) is 6.92 Å². The Kier molecular flexibility index (Phi) is 7.99. The predicted octanol–water partition coefficient (Wildman–Crippen LogP) is 5.48. The summed E-state index contributed by atoms with van der Waals surface area (Å²) in [7, 11) is 0. The van der Waals surface area contributed by atoms with Crippen molar-refractivity contribution in [2.45, 2.75) is 52.1 Å². The van der Waals surface area contributed by atoms with Crippen molar-refractivity contribution < 1.29 is 28.6 Å². The molecule has 0 aliphatic carbocycles. The van der Waals surface area contributed by atoms with E-state index in [1.54, 1.807) is 0 Å². The van der Waals surface area contributed by atoms with Crippen LogP contribution in [0.4, 0.5) is 4.39 Å². The molecule has 0 amide bonds. The van der Waals surface area contributed by atoms with E-state index < -0.39 is 17.8 Å². The molecule has 0 radical (unpaired) electrons. The van der Waals surface area contributed by atoms with Crippen molar-refractivity contribution in [3.05, 3.63) is 59.4 Å². The summed E-state index contributed by atoms with van der Waals surface area (Å²) < 4.78 is 25.1. The quantitative estimate of drug-likeness (QED) is 0.331. The lowest BCUT2D eigenvalue weighted by Crippen LogP contribution is -2.13. The summed E-state index contributed by atoms with van der Waals surface area (Å²) in [6.07, 6.45) is 5.41. The minimum absolute atomic E-state index is 0.0400. The highest BCUT2D eigenvalue weighted by molar-refractivity contribution is 5.92. The van der Waals surface area contributed by atoms with Gasteiger partial charge in [-0.2, -0.15) is 0 Å². The number of aromatic carboxylic acids is 1. The highest BCUT2D eigenvalue weighted by Crippen LogP contribution is 2.21. The summed E-state index contributed by atoms with van der Waals surface area (Å²) in [5.74, 6) is -2.18. The number of hydrogen-bond donors (Lipinski definition) is 1. The molecule has 0 spiro atoms. The summed E-state index contributed by atoms with van der Waals surface area (Å²) in [5, 5.41) is 8.86. The van der Waals surface area contributed by atoms with E-state index in [4.69, 9.17) is 14.6 Å². The monoisotopic (exact) mass is 388 g/mol. The van der Waals surface area contributed by atoms with Gasteiger partial charge in [-0.3, -0.25) is 0 Å². The maximum Gasteiger partial charge on any atom is 0.346 e. The van der Waals surface area contributed by atoms with Crippen LogP contribution >= 0.6 is 0 Å². The second-order valence-corrected chi connectivity index (χ2v) is 6.64. The van der Waals surface area contributed by atoms with Gasteiger partial charge in [-0.05, 0) is 56.2 Å². The third-order valence-electron chi connectivity index (χ3n) is 4.27. The third-order valence-corrected chi connectivity index (χ3v) is 4.27. The van der Waals surface area contributed by atoms with E-state index in [0.717, 1.165) is 19.3 Å². The topological polar surface area (TPSA) is 72.8 Å². The number of ether oxygens (including phenoxy) is 2. The first-order chi connectivity index (χ1) is 13.4. The van der Waals surface area contributed by atoms with Gasteiger partial charge in [0.05, 0.1) is 17.2 Å². The summed E-state index contributed by atoms with van der Waals surface area (Å²) in [6, 6.07) is 9.33. The second kappa shape index (κ2) is 10.4. The Morgan fingerprint density at radius 3 is 2.32 bits per heavy atom. The van der Waals surface area contributed by atoms with Crippen LogP contribution in [-0.4, -0.2) is 23.1 Å². The minimum Gasteiger partial charge on any atom is -0.491 e. The first-order valence-corrected chi connectivity index (χ1v) is 9.42. The van der Waals surface area contributed by atoms with Crippen molar-refractivity contribution in [2.75, 3.05) is 0 Å². The van der Waals surface area contributed by atoms with Gasteiger partial charge < -0.3 is 14.6 Å². The molecule has 5 nitrogen and oxygen atoms in total. The summed E-state index contributed by atoms with van der Waals surface area (Å²) in [6.45, 7) is 4.09. The predicted molar refractivity (Wildman–Crippen MR) is 104 cm³/mol. The molecule has 28 heavy (non-hydrogen) atoms. The van der Waals surface area contributed by atoms with E-state index in [9.17, 15) is 14.0 Å². The largest absolute Gasteiger partial charge is 0.491 e. The van der Waals surface area contributed by atoms with Crippen molar-refractivity contribution in [1.29, 1.82) is 0 Å². The number of benzene rings is 2. The Bertz CT molecular complexity index is 801. The van der Waals surface area contributed by atoms with Crippen LogP contribution in [0.3, 0.4) is 0 Å². The molecule has 1 N–H and O–H groups in total. The lowest BCUT2D eigenvalue weighted by Gasteiger charge is -2.15. The van der Waals surface area contributed by atoms with Crippen LogP contribution in [-0.2, 0) is 0 Å². The van der Waals surface area contributed by atoms with Gasteiger partial charge in [-0.15, -0.1) is 0 Å². The highest BCUT2D eigenvalue weighted by atomic mass is 19.1. The zero-order valence-corrected chi connectivity index (χ0v) is 16.1. The van der Waals surface area contributed by atoms with Crippen LogP contribution in [0, 0.1) is 5.82 Å². The second-order valence-electron chi connectivity index (χ2n) is 6.64. The maximum absolute atomic E-state index is 14.3. The van der Waals surface area contributed by atoms with Crippen LogP contribution in [0.15, 0.2) is 42.5 Å². The van der Waals surface area contributed by atoms with E-state index in [2.05, 4.69) is 6.92 Å². The highest BCUT2D eigenvalue weighted by Gasteiger charge is 2.16. The van der Waals surface area contributed by atoms with E-state index in [0.29, 0.717) is 5.75 Å². The first-order valence-electron chi connectivity index (χ1n) is 9.42. The molecule has 0 unspecified atom stereocenters. The smallest absolute Gasteiger partial charge is 0.346 e. The molecule has 0 aliphatic heterocycles. The van der Waals surface area contributed by atoms with Crippen molar-refractivity contribution in [2.24, 2.45) is 0 Å². The number of rotatable bonds is 10. The molecule has 0 fully saturated rings. The fourth-order valence-electron chi connectivity index (χ4n) is 2.71. The van der Waals surface area contributed by atoms with Crippen molar-refractivity contribution in [3.63, 3.8) is 0 Å². The Morgan fingerprint density at radius 2 is 1.71 bits per heavy atom. The van der Waals surface area contributed by atoms with Crippen molar-refractivity contribution in [3.8, 4) is 11.5 Å². The van der Waals surface area contributed by atoms with Crippen molar-refractivity contribution >= 4 is 11.9 Å². The Hall–Kier alpha value is -2.89. The lowest BCUT2D eigenvalue weighted by molar-refractivity contribution is 0.0696. The first kappa shape index (κ1) is 21.4. The van der Waals surface area contributed by atoms with Gasteiger partial charge in [0.2, 0.25) is 0 Å². The van der Waals surface area contributed by atoms with Crippen LogP contribution < -0.4 is 9.47 Å². The lowest BCUT2D eigenvalue weighted by atomic mass is 10.1. The maximum atomic E-state index is 14.3. The molecule has 0 saturated carbocycles. The molecular formula is C22H25FO5. The number of unbranched alkanes of at least 4 members (excludes halogenated alkanes) is 3. The molecule has 0 bridgehead atoms. The Balaban J connectivity index is 1.95. The molecule has 2 aromatic rings. The van der Waals surface area contributed by atoms with Gasteiger partial charge >= 0.3 is 11.9 Å². The summed E-state index contributed by atoms with van der Waals surface area (Å²) >= 11 is 0. The number of carbonyl (C=O) groups excluding carboxylic acids is 1. The molecule has 1 atom stereocenters. The number of hydrogen-bond acceptors (Lipinski definition) is 4. The fourth-order valence-corrected chi connectivity index (χ4v) is 2.71. The number of carbonyl (C=O) groups is 2. The summed E-state index contributed by atoms with van der Waals surface area (Å²) in [4.78, 5) is 23.0. The molecule has 150 valence electrons. The van der Waals surface area contributed by atoms with Crippen LogP contribution in [0.25, 0.3) is 0 Å². The average Bonchev–Trinajstić information content (AvgIpc) is 2.65. The van der Waals surface area contributed by atoms with Crippen LogP contribution in [0.5, 0.6) is 11.5 Å². The van der Waals surface area contributed by atoms with Crippen molar-refractivity contribution in [1.82, 2.24) is 0 Å². The van der Waals surface area contributed by atoms with Gasteiger partial charge in [-0.1, -0.05) is 26.2 Å². The number of carboxylic acid groups (broad SMARTS) is 1. The fraction of sp³-hybridized carbons (Fsp3) is 0.364. The molecule has 0 aromatic heterocycles. The Labute approximate surface area is 164 Å². The van der Waals surface area contributed by atoms with E-state index >= 15 is 0 Å². The van der Waals surface area contributed by atoms with Crippen LogP contribution in [0.1, 0.15) is 66.7 Å². The van der Waals surface area contributed by atoms with Gasteiger partial charge in [0, 0.05) is 6.07 Å². The normalized spacial score (nSPS) is 11.7. The van der Waals surface area contributed by atoms with E-state index in [-0.39, 0.29) is 23.0 Å². The Morgan fingerprint density at radius 1 is 1.04 bits per heavy atom. The number of carboxylic acids is 1. The molecular weight excluding hydrogens is 363 g/mol. The van der Waals surface area contributed by atoms with Gasteiger partial charge in [0.15, 0.2) is 0 Å². The van der Waals surface area contributed by atoms with E-state index in [1.165, 1.54) is 55.3 Å². The summed E-state index contributed by atoms with van der Waals surface area (Å²) in [5.41, 5.74) is -0.151. The van der Waals surface area contributed by atoms with Gasteiger partial charge in [-0.25, -0.2) is 14.0 Å². The molecule has 0 heterocycles. The van der Waals surface area contributed by atoms with Gasteiger partial charge in [0.1, 0.15) is 17.3 Å². The molecule has 2 aromatic carbocycles. The number of halogens is 1. The molecule has 6 heteroatoms. The third kappa shape index (κ3) is 6.37. The zero-order valence-electron chi connectivity index (χ0n) is 16.1. The zero-order chi connectivity index (χ0) is 20.5. The standard InChI is InChI=1S/C22H25FO5/c1-3-4-5-6-7-15(2)27-18-12-13-19(20(23)14-18)22(26)28-17-10-8-16(9-11-17)21(24)25/h8-15H,3-7H2,1-2H3,(H,24,25)/t15-/m0/s1. The van der Waals surface area contributed by atoms with Crippen LogP contribution in [0.2, 0.25) is 0 Å². The average molecular weight is 388 g/mol. The minimum atomic E-state index is -1.08. The SMILES string of the molecule is CCCCCC[C@H](C)Oc1ccc(C(=O)Oc2ccc(C(=O)O)cc2)c(F)c1. The van der Waals surface area contributed by atoms with Gasteiger partial charge in [0.25, 0.3) is 0 Å². The molecule has 0 aliphatic rings. The molecule has 0 saturated heterocycles.